The number of benzene rings is 1. The molecule has 1 aliphatic heterocycles. The lowest BCUT2D eigenvalue weighted by Crippen LogP contribution is -2.51. The Morgan fingerprint density at radius 2 is 1.66 bits per heavy atom. The number of carbonyl (C=O) groups excluding carboxylic acids is 1. The van der Waals surface area contributed by atoms with Crippen molar-refractivity contribution in [1.82, 2.24) is 14.1 Å². The van der Waals surface area contributed by atoms with Gasteiger partial charge in [-0.05, 0) is 92.3 Å². The molecule has 4 rings (SSSR count). The number of ether oxygens (including phenoxy) is 2. The highest BCUT2D eigenvalue weighted by molar-refractivity contribution is 6.82. The molecule has 38 heavy (non-hydrogen) atoms. The number of hydrogen-bond donors (Lipinski definition) is 0. The first-order chi connectivity index (χ1) is 17.8. The molecule has 0 bridgehead atoms. The van der Waals surface area contributed by atoms with Crippen molar-refractivity contribution in [3.63, 3.8) is 0 Å². The summed E-state index contributed by atoms with van der Waals surface area (Å²) in [6.45, 7) is 22.5. The fourth-order valence-electron chi connectivity index (χ4n) is 6.72. The monoisotopic (exact) mass is 535 g/mol. The number of fused-ring (bicyclic) bond motifs is 2. The van der Waals surface area contributed by atoms with E-state index in [-0.39, 0.29) is 12.1 Å². The maximum absolute atomic E-state index is 12.8. The van der Waals surface area contributed by atoms with Gasteiger partial charge in [0.2, 0.25) is 0 Å². The first-order valence-corrected chi connectivity index (χ1v) is 16.2. The number of pyridine rings is 1. The minimum absolute atomic E-state index is 0.0796. The molecule has 0 aliphatic carbocycles. The maximum Gasteiger partial charge on any atom is 0.410 e. The van der Waals surface area contributed by atoms with Crippen LogP contribution in [-0.4, -0.2) is 40.1 Å². The summed E-state index contributed by atoms with van der Waals surface area (Å²) in [6.07, 6.45) is 4.62. The quantitative estimate of drug-likeness (QED) is 0.297. The van der Waals surface area contributed by atoms with Gasteiger partial charge in [-0.1, -0.05) is 47.6 Å². The largest absolute Gasteiger partial charge is 0.457 e. The van der Waals surface area contributed by atoms with Crippen LogP contribution in [0.4, 0.5) is 4.79 Å². The van der Waals surface area contributed by atoms with E-state index >= 15 is 0 Å². The highest BCUT2D eigenvalue weighted by Crippen LogP contribution is 2.45. The third kappa shape index (κ3) is 5.09. The van der Waals surface area contributed by atoms with Gasteiger partial charge in [-0.2, -0.15) is 0 Å². The molecule has 0 fully saturated rings. The average Bonchev–Trinajstić information content (AvgIpc) is 3.22. The number of amides is 1. The number of hydrogen-bond acceptors (Lipinski definition) is 4. The van der Waals surface area contributed by atoms with Crippen LogP contribution in [-0.2, 0) is 17.7 Å². The lowest BCUT2D eigenvalue weighted by molar-refractivity contribution is 0.0138. The SMILES string of the molecule is CC1Cc2ccc(Oc3ccnc4c3ccn4[Si](C(C)C)(C(C)C)C(C)C)cc2CN1C(=O)OC(C)(C)C. The van der Waals surface area contributed by atoms with E-state index in [2.05, 4.69) is 77.1 Å². The van der Waals surface area contributed by atoms with E-state index < -0.39 is 13.8 Å². The summed E-state index contributed by atoms with van der Waals surface area (Å²) < 4.78 is 14.7. The Labute approximate surface area is 229 Å². The van der Waals surface area contributed by atoms with Crippen molar-refractivity contribution in [2.45, 2.75) is 110 Å². The Morgan fingerprint density at radius 3 is 2.26 bits per heavy atom. The molecule has 3 heterocycles. The number of rotatable bonds is 6. The zero-order valence-corrected chi connectivity index (χ0v) is 25.8. The summed E-state index contributed by atoms with van der Waals surface area (Å²) in [5.74, 6) is 1.57. The molecule has 0 saturated heterocycles. The van der Waals surface area contributed by atoms with Gasteiger partial charge in [-0.15, -0.1) is 0 Å². The van der Waals surface area contributed by atoms with E-state index in [1.807, 2.05) is 44.0 Å². The van der Waals surface area contributed by atoms with Crippen LogP contribution in [0.3, 0.4) is 0 Å². The van der Waals surface area contributed by atoms with Gasteiger partial charge < -0.3 is 18.6 Å². The fourth-order valence-corrected chi connectivity index (χ4v) is 13.3. The minimum atomic E-state index is -1.94. The molecule has 2 aromatic heterocycles. The molecule has 1 amide bonds. The minimum Gasteiger partial charge on any atom is -0.457 e. The van der Waals surface area contributed by atoms with Crippen molar-refractivity contribution < 1.29 is 14.3 Å². The molecule has 0 saturated carbocycles. The van der Waals surface area contributed by atoms with E-state index in [9.17, 15) is 4.79 Å². The molecule has 206 valence electrons. The van der Waals surface area contributed by atoms with Crippen LogP contribution in [0, 0.1) is 0 Å². The van der Waals surface area contributed by atoms with Crippen LogP contribution in [0.1, 0.15) is 80.4 Å². The summed E-state index contributed by atoms with van der Waals surface area (Å²) in [4.78, 5) is 19.5. The Morgan fingerprint density at radius 1 is 1.00 bits per heavy atom. The zero-order chi connectivity index (χ0) is 28.0. The summed E-state index contributed by atoms with van der Waals surface area (Å²) in [5.41, 5.74) is 4.54. The molecule has 6 nitrogen and oxygen atoms in total. The van der Waals surface area contributed by atoms with Crippen LogP contribution >= 0.6 is 0 Å². The van der Waals surface area contributed by atoms with Crippen molar-refractivity contribution in [3.8, 4) is 11.5 Å². The molecule has 1 unspecified atom stereocenters. The van der Waals surface area contributed by atoms with Crippen LogP contribution in [0.25, 0.3) is 11.0 Å². The van der Waals surface area contributed by atoms with Crippen molar-refractivity contribution in [1.29, 1.82) is 0 Å². The second-order valence-corrected chi connectivity index (χ2v) is 18.5. The maximum atomic E-state index is 12.8. The summed E-state index contributed by atoms with van der Waals surface area (Å²) >= 11 is 0. The van der Waals surface area contributed by atoms with Gasteiger partial charge in [0.05, 0.1) is 5.39 Å². The molecule has 1 aliphatic rings. The normalized spacial score (nSPS) is 16.4. The van der Waals surface area contributed by atoms with Crippen LogP contribution < -0.4 is 4.74 Å². The summed E-state index contributed by atoms with van der Waals surface area (Å²) in [6, 6.07) is 10.4. The first-order valence-electron chi connectivity index (χ1n) is 14.0. The fraction of sp³-hybridized carbons (Fsp3) is 0.548. The Bertz CT molecular complexity index is 1280. The van der Waals surface area contributed by atoms with Crippen LogP contribution in [0.2, 0.25) is 16.6 Å². The van der Waals surface area contributed by atoms with Gasteiger partial charge in [0.1, 0.15) is 22.7 Å². The number of aromatic nitrogens is 2. The van der Waals surface area contributed by atoms with E-state index in [4.69, 9.17) is 14.5 Å². The molecule has 0 spiro atoms. The number of carbonyl (C=O) groups is 1. The lowest BCUT2D eigenvalue weighted by atomic mass is 9.95. The summed E-state index contributed by atoms with van der Waals surface area (Å²) in [7, 11) is -1.94. The Hall–Kier alpha value is -2.80. The van der Waals surface area contributed by atoms with Gasteiger partial charge in [0, 0.05) is 18.8 Å². The van der Waals surface area contributed by atoms with Gasteiger partial charge in [-0.25, -0.2) is 9.78 Å². The summed E-state index contributed by atoms with van der Waals surface area (Å²) in [5, 5.41) is 1.04. The van der Waals surface area contributed by atoms with Crippen molar-refractivity contribution >= 4 is 25.4 Å². The molecule has 1 atom stereocenters. The third-order valence-corrected chi connectivity index (χ3v) is 14.9. The molecule has 3 aromatic rings. The predicted octanol–water partition coefficient (Wildman–Crippen LogP) is 8.53. The van der Waals surface area contributed by atoms with Gasteiger partial charge in [0.15, 0.2) is 8.24 Å². The molecular weight excluding hydrogens is 490 g/mol. The number of nitrogens with zero attached hydrogens (tertiary/aromatic N) is 3. The predicted molar refractivity (Wildman–Crippen MR) is 158 cm³/mol. The van der Waals surface area contributed by atoms with Gasteiger partial charge >= 0.3 is 6.09 Å². The van der Waals surface area contributed by atoms with E-state index in [1.54, 1.807) is 0 Å². The van der Waals surface area contributed by atoms with Gasteiger partial charge in [-0.3, -0.25) is 0 Å². The molecule has 0 radical (unpaired) electrons. The van der Waals surface area contributed by atoms with E-state index in [1.165, 1.54) is 5.56 Å². The molecular formula is C31H45N3O3Si. The van der Waals surface area contributed by atoms with Crippen LogP contribution in [0.5, 0.6) is 11.5 Å². The standard InChI is InChI=1S/C31H45N3O3Si/c1-20(2)38(21(3)4,22(5)6)34-16-14-27-28(13-15-32-29(27)34)36-26-12-11-24-17-23(7)33(19-25(24)18-26)30(35)37-31(8,9)10/h11-16,18,20-23H,17,19H2,1-10H3. The highest BCUT2D eigenvalue weighted by Gasteiger charge is 2.46. The first kappa shape index (κ1) is 28.2. The zero-order valence-electron chi connectivity index (χ0n) is 24.8. The topological polar surface area (TPSA) is 56.6 Å². The van der Waals surface area contributed by atoms with Gasteiger partial charge in [0.25, 0.3) is 0 Å². The second kappa shape index (κ2) is 10.4. The highest BCUT2D eigenvalue weighted by atomic mass is 28.3. The van der Waals surface area contributed by atoms with Crippen molar-refractivity contribution in [2.75, 3.05) is 0 Å². The molecule has 1 aromatic carbocycles. The van der Waals surface area contributed by atoms with Crippen LogP contribution in [0.15, 0.2) is 42.7 Å². The Balaban J connectivity index is 1.66. The second-order valence-electron chi connectivity index (χ2n) is 12.8. The molecule has 0 N–H and O–H groups in total. The third-order valence-electron chi connectivity index (χ3n) is 8.16. The van der Waals surface area contributed by atoms with Crippen molar-refractivity contribution in [3.05, 3.63) is 53.9 Å². The Kier molecular flexibility index (Phi) is 7.72. The van der Waals surface area contributed by atoms with E-state index in [0.29, 0.717) is 23.2 Å². The average molecular weight is 536 g/mol. The van der Waals surface area contributed by atoms with E-state index in [0.717, 1.165) is 34.5 Å². The lowest BCUT2D eigenvalue weighted by Gasteiger charge is -2.44. The smallest absolute Gasteiger partial charge is 0.410 e. The molecule has 7 heteroatoms. The van der Waals surface area contributed by atoms with Crippen molar-refractivity contribution in [2.24, 2.45) is 0 Å².